The maximum atomic E-state index is 12.4. The number of aryl methyl sites for hydroxylation is 1. The van der Waals surface area contributed by atoms with Crippen LogP contribution in [0.5, 0.6) is 0 Å². The van der Waals surface area contributed by atoms with E-state index < -0.39 is 9.84 Å². The average molecular weight is 336 g/mol. The Labute approximate surface area is 137 Å². The first-order valence-electron chi connectivity index (χ1n) is 8.25. The molecule has 1 heterocycles. The van der Waals surface area contributed by atoms with Crippen LogP contribution in [0.25, 0.3) is 0 Å². The van der Waals surface area contributed by atoms with Crippen molar-refractivity contribution in [3.8, 4) is 0 Å². The van der Waals surface area contributed by atoms with E-state index in [9.17, 15) is 13.2 Å². The van der Waals surface area contributed by atoms with Crippen LogP contribution >= 0.6 is 0 Å². The molecule has 0 unspecified atom stereocenters. The summed E-state index contributed by atoms with van der Waals surface area (Å²) in [6.45, 7) is 2.05. The second-order valence-electron chi connectivity index (χ2n) is 6.86. The van der Waals surface area contributed by atoms with E-state index in [1.807, 2.05) is 6.07 Å². The maximum absolute atomic E-state index is 12.4. The molecule has 2 aliphatic rings. The minimum atomic E-state index is -2.98. The summed E-state index contributed by atoms with van der Waals surface area (Å²) < 4.78 is 23.0. The number of carbonyl (C=O) groups excluding carboxylic acids is 1. The highest BCUT2D eigenvalue weighted by atomic mass is 32.2. The number of urea groups is 1. The van der Waals surface area contributed by atoms with Crippen molar-refractivity contribution in [2.75, 3.05) is 11.5 Å². The van der Waals surface area contributed by atoms with E-state index in [-0.39, 0.29) is 29.1 Å². The lowest BCUT2D eigenvalue weighted by Crippen LogP contribution is -2.51. The predicted octanol–water partition coefficient (Wildman–Crippen LogP) is 2.25. The first-order chi connectivity index (χ1) is 10.9. The Balaban J connectivity index is 1.71. The Bertz CT molecular complexity index is 694. The first-order valence-corrected chi connectivity index (χ1v) is 10.1. The lowest BCUT2D eigenvalue weighted by atomic mass is 9.87. The minimum Gasteiger partial charge on any atom is -0.334 e. The van der Waals surface area contributed by atoms with Gasteiger partial charge in [0.25, 0.3) is 0 Å². The Morgan fingerprint density at radius 1 is 1.26 bits per heavy atom. The molecule has 0 spiro atoms. The molecule has 1 aromatic carbocycles. The van der Waals surface area contributed by atoms with Gasteiger partial charge in [0.15, 0.2) is 9.84 Å². The zero-order valence-electron chi connectivity index (χ0n) is 13.5. The number of sulfone groups is 1. The molecular weight excluding hydrogens is 312 g/mol. The summed E-state index contributed by atoms with van der Waals surface area (Å²) in [6, 6.07) is 7.75. The highest BCUT2D eigenvalue weighted by molar-refractivity contribution is 7.91. The SMILES string of the molecule is Cc1cccc(C2(NC(=O)N[C@H]3CCS(=O)(=O)C3)CCCC2)c1. The number of hydrogen-bond acceptors (Lipinski definition) is 3. The molecule has 1 aromatic rings. The molecule has 126 valence electrons. The van der Waals surface area contributed by atoms with E-state index in [0.717, 1.165) is 31.2 Å². The summed E-state index contributed by atoms with van der Waals surface area (Å²) >= 11 is 0. The minimum absolute atomic E-state index is 0.0534. The molecule has 6 heteroatoms. The molecule has 0 bridgehead atoms. The van der Waals surface area contributed by atoms with E-state index in [1.165, 1.54) is 5.56 Å². The lowest BCUT2D eigenvalue weighted by Gasteiger charge is -2.32. The van der Waals surface area contributed by atoms with Gasteiger partial charge in [-0.05, 0) is 31.7 Å². The monoisotopic (exact) mass is 336 g/mol. The van der Waals surface area contributed by atoms with Crippen LogP contribution in [-0.4, -0.2) is 32.0 Å². The molecule has 23 heavy (non-hydrogen) atoms. The number of rotatable bonds is 3. The van der Waals surface area contributed by atoms with E-state index in [1.54, 1.807) is 0 Å². The van der Waals surface area contributed by atoms with Crippen molar-refractivity contribution in [2.24, 2.45) is 0 Å². The van der Waals surface area contributed by atoms with Gasteiger partial charge in [-0.15, -0.1) is 0 Å². The van der Waals surface area contributed by atoms with Gasteiger partial charge in [0.1, 0.15) is 0 Å². The number of nitrogens with one attached hydrogen (secondary N) is 2. The molecule has 5 nitrogen and oxygen atoms in total. The molecule has 2 amide bonds. The van der Waals surface area contributed by atoms with Crippen molar-refractivity contribution in [2.45, 2.75) is 50.6 Å². The third-order valence-corrected chi connectivity index (χ3v) is 6.72. The van der Waals surface area contributed by atoms with Crippen molar-refractivity contribution < 1.29 is 13.2 Å². The van der Waals surface area contributed by atoms with E-state index in [2.05, 4.69) is 35.8 Å². The van der Waals surface area contributed by atoms with Crippen LogP contribution in [0, 0.1) is 6.92 Å². The van der Waals surface area contributed by atoms with Gasteiger partial charge in [-0.3, -0.25) is 0 Å². The highest BCUT2D eigenvalue weighted by Crippen LogP contribution is 2.39. The third kappa shape index (κ3) is 3.68. The number of benzene rings is 1. The van der Waals surface area contributed by atoms with E-state index >= 15 is 0 Å². The quantitative estimate of drug-likeness (QED) is 0.889. The molecule has 1 saturated carbocycles. The molecule has 2 N–H and O–H groups in total. The Morgan fingerprint density at radius 2 is 2.00 bits per heavy atom. The lowest BCUT2D eigenvalue weighted by molar-refractivity contribution is 0.221. The molecule has 0 aromatic heterocycles. The molecule has 1 aliphatic carbocycles. The fourth-order valence-electron chi connectivity index (χ4n) is 3.75. The van der Waals surface area contributed by atoms with Gasteiger partial charge >= 0.3 is 6.03 Å². The second-order valence-corrected chi connectivity index (χ2v) is 9.09. The second kappa shape index (κ2) is 6.15. The zero-order chi connectivity index (χ0) is 16.5. The Morgan fingerprint density at radius 3 is 2.61 bits per heavy atom. The molecule has 1 aliphatic heterocycles. The maximum Gasteiger partial charge on any atom is 0.315 e. The molecule has 1 saturated heterocycles. The summed E-state index contributed by atoms with van der Waals surface area (Å²) in [5, 5.41) is 5.99. The molecular formula is C17H24N2O3S. The zero-order valence-corrected chi connectivity index (χ0v) is 14.3. The smallest absolute Gasteiger partial charge is 0.315 e. The third-order valence-electron chi connectivity index (χ3n) is 4.95. The Hall–Kier alpha value is -1.56. The van der Waals surface area contributed by atoms with Crippen LogP contribution in [0.2, 0.25) is 0 Å². The summed E-state index contributed by atoms with van der Waals surface area (Å²) in [4.78, 5) is 12.4. The van der Waals surface area contributed by atoms with Gasteiger partial charge in [-0.1, -0.05) is 42.7 Å². The standard InChI is InChI=1S/C17H24N2O3S/c1-13-5-4-6-14(11-13)17(8-2-3-9-17)19-16(20)18-15-7-10-23(21,22)12-15/h4-6,11,15H,2-3,7-10,12H2,1H3,(H2,18,19,20)/t15-/m0/s1. The van der Waals surface area contributed by atoms with Gasteiger partial charge in [-0.2, -0.15) is 0 Å². The molecule has 0 radical (unpaired) electrons. The fraction of sp³-hybridized carbons (Fsp3) is 0.588. The van der Waals surface area contributed by atoms with Crippen molar-refractivity contribution in [3.05, 3.63) is 35.4 Å². The largest absolute Gasteiger partial charge is 0.334 e. The summed E-state index contributed by atoms with van der Waals surface area (Å²) in [5.41, 5.74) is 2.00. The van der Waals surface area contributed by atoms with Gasteiger partial charge in [0, 0.05) is 6.04 Å². The number of carbonyl (C=O) groups is 1. The van der Waals surface area contributed by atoms with Crippen LogP contribution in [0.1, 0.15) is 43.2 Å². The predicted molar refractivity (Wildman–Crippen MR) is 90.1 cm³/mol. The van der Waals surface area contributed by atoms with E-state index in [0.29, 0.717) is 6.42 Å². The summed E-state index contributed by atoms with van der Waals surface area (Å²) in [6.07, 6.45) is 4.53. The first kappa shape index (κ1) is 16.3. The van der Waals surface area contributed by atoms with Crippen molar-refractivity contribution >= 4 is 15.9 Å². The van der Waals surface area contributed by atoms with Gasteiger partial charge in [0.05, 0.1) is 17.0 Å². The van der Waals surface area contributed by atoms with Gasteiger partial charge in [0.2, 0.25) is 0 Å². The van der Waals surface area contributed by atoms with Crippen LogP contribution in [-0.2, 0) is 15.4 Å². The molecule has 1 atom stereocenters. The number of hydrogen-bond donors (Lipinski definition) is 2. The summed E-state index contributed by atoms with van der Waals surface area (Å²) in [5.74, 6) is 0.221. The summed E-state index contributed by atoms with van der Waals surface area (Å²) in [7, 11) is -2.98. The van der Waals surface area contributed by atoms with Crippen LogP contribution < -0.4 is 10.6 Å². The van der Waals surface area contributed by atoms with Crippen LogP contribution in [0.3, 0.4) is 0 Å². The van der Waals surface area contributed by atoms with Crippen molar-refractivity contribution in [1.29, 1.82) is 0 Å². The van der Waals surface area contributed by atoms with Crippen LogP contribution in [0.4, 0.5) is 4.79 Å². The fourth-order valence-corrected chi connectivity index (χ4v) is 5.43. The molecule has 2 fully saturated rings. The van der Waals surface area contributed by atoms with Crippen LogP contribution in [0.15, 0.2) is 24.3 Å². The van der Waals surface area contributed by atoms with Gasteiger partial charge in [-0.25, -0.2) is 13.2 Å². The topological polar surface area (TPSA) is 75.3 Å². The van der Waals surface area contributed by atoms with Crippen molar-refractivity contribution in [1.82, 2.24) is 10.6 Å². The highest BCUT2D eigenvalue weighted by Gasteiger charge is 2.38. The van der Waals surface area contributed by atoms with Gasteiger partial charge < -0.3 is 10.6 Å². The number of amides is 2. The molecule has 3 rings (SSSR count). The normalized spacial score (nSPS) is 25.2. The Kier molecular flexibility index (Phi) is 4.36. The van der Waals surface area contributed by atoms with E-state index in [4.69, 9.17) is 0 Å². The van der Waals surface area contributed by atoms with Crippen molar-refractivity contribution in [3.63, 3.8) is 0 Å². The average Bonchev–Trinajstić information content (AvgIpc) is 3.06.